The zero-order valence-corrected chi connectivity index (χ0v) is 17.4. The summed E-state index contributed by atoms with van der Waals surface area (Å²) in [6.45, 7) is 2.47. The average Bonchev–Trinajstić information content (AvgIpc) is 3.12. The Balaban J connectivity index is 1.79. The number of carbonyl (C=O) groups is 2. The molecule has 1 heterocycles. The molecular weight excluding hydrogens is 390 g/mol. The Hall–Kier alpha value is -2.87. The summed E-state index contributed by atoms with van der Waals surface area (Å²) in [6, 6.07) is 14.7. The molecule has 7 nitrogen and oxygen atoms in total. The fourth-order valence-corrected chi connectivity index (χ4v) is 4.72. The smallest absolute Gasteiger partial charge is 0.248 e. The van der Waals surface area contributed by atoms with E-state index in [1.165, 1.54) is 0 Å². The van der Waals surface area contributed by atoms with Crippen LogP contribution in [0.5, 0.6) is 0 Å². The lowest BCUT2D eigenvalue weighted by Crippen LogP contribution is -2.46. The molecule has 1 N–H and O–H groups in total. The quantitative estimate of drug-likeness (QED) is 0.753. The van der Waals surface area contributed by atoms with Gasteiger partial charge in [-0.25, -0.2) is 8.42 Å². The fraction of sp³-hybridized carbons (Fsp3) is 0.333. The Morgan fingerprint density at radius 2 is 1.79 bits per heavy atom. The number of nitrogens with one attached hydrogen (secondary N) is 1. The minimum absolute atomic E-state index is 0.0967. The van der Waals surface area contributed by atoms with Crippen LogP contribution in [-0.4, -0.2) is 39.1 Å². The van der Waals surface area contributed by atoms with Crippen LogP contribution in [-0.2, 0) is 19.6 Å². The lowest BCUT2D eigenvalue weighted by Gasteiger charge is -2.30. The molecule has 29 heavy (non-hydrogen) atoms. The first-order chi connectivity index (χ1) is 13.8. The van der Waals surface area contributed by atoms with Crippen LogP contribution < -0.4 is 14.5 Å². The molecule has 1 aliphatic rings. The Bertz CT molecular complexity index is 975. The van der Waals surface area contributed by atoms with Crippen LogP contribution in [0, 0.1) is 0 Å². The Morgan fingerprint density at radius 3 is 2.31 bits per heavy atom. The number of sulfonamides is 1. The Kier molecular flexibility index (Phi) is 6.22. The van der Waals surface area contributed by atoms with Gasteiger partial charge < -0.3 is 10.2 Å². The molecule has 1 fully saturated rings. The van der Waals surface area contributed by atoms with Crippen molar-refractivity contribution in [2.75, 3.05) is 27.3 Å². The standard InChI is InChI=1S/C21H25N3O4S/c1-3-19(24(29(2,27)28)18-8-5-4-6-9-18)21(26)22-16-11-13-17(14-12-16)23-15-7-10-20(23)25/h4-6,8-9,11-14,19H,3,7,10,15H2,1-2H3,(H,22,26)/t19-/m1/s1. The van der Waals surface area contributed by atoms with E-state index < -0.39 is 22.0 Å². The van der Waals surface area contributed by atoms with Crippen LogP contribution in [0.15, 0.2) is 54.6 Å². The molecule has 154 valence electrons. The molecule has 1 saturated heterocycles. The second-order valence-electron chi connectivity index (χ2n) is 7.00. The summed E-state index contributed by atoms with van der Waals surface area (Å²) in [4.78, 5) is 26.5. The van der Waals surface area contributed by atoms with Crippen molar-refractivity contribution in [3.8, 4) is 0 Å². The molecule has 0 saturated carbocycles. The van der Waals surface area contributed by atoms with Gasteiger partial charge in [0.15, 0.2) is 0 Å². The minimum Gasteiger partial charge on any atom is -0.324 e. The maximum absolute atomic E-state index is 12.9. The third kappa shape index (κ3) is 4.76. The maximum Gasteiger partial charge on any atom is 0.248 e. The molecule has 2 amide bonds. The summed E-state index contributed by atoms with van der Waals surface area (Å²) < 4.78 is 26.0. The van der Waals surface area contributed by atoms with Crippen molar-refractivity contribution in [3.05, 3.63) is 54.6 Å². The summed E-state index contributed by atoms with van der Waals surface area (Å²) in [5.74, 6) is -0.314. The highest BCUT2D eigenvalue weighted by Gasteiger charge is 2.31. The first-order valence-corrected chi connectivity index (χ1v) is 11.4. The molecule has 3 rings (SSSR count). The molecule has 8 heteroatoms. The summed E-state index contributed by atoms with van der Waals surface area (Å²) in [6.07, 6.45) is 2.81. The van der Waals surface area contributed by atoms with Crippen LogP contribution in [0.25, 0.3) is 0 Å². The lowest BCUT2D eigenvalue weighted by atomic mass is 10.1. The van der Waals surface area contributed by atoms with Crippen molar-refractivity contribution in [3.63, 3.8) is 0 Å². The van der Waals surface area contributed by atoms with Gasteiger partial charge in [-0.15, -0.1) is 0 Å². The first kappa shape index (κ1) is 20.9. The van der Waals surface area contributed by atoms with Gasteiger partial charge in [0.1, 0.15) is 6.04 Å². The van der Waals surface area contributed by atoms with Gasteiger partial charge in [-0.2, -0.15) is 0 Å². The van der Waals surface area contributed by atoms with Crippen molar-refractivity contribution < 1.29 is 18.0 Å². The number of para-hydroxylation sites is 1. The van der Waals surface area contributed by atoms with Crippen molar-refractivity contribution in [1.29, 1.82) is 0 Å². The number of rotatable bonds is 7. The monoisotopic (exact) mass is 415 g/mol. The first-order valence-electron chi connectivity index (χ1n) is 9.57. The molecule has 0 bridgehead atoms. The average molecular weight is 416 g/mol. The summed E-state index contributed by atoms with van der Waals surface area (Å²) in [5, 5.41) is 2.80. The lowest BCUT2D eigenvalue weighted by molar-refractivity contribution is -0.118. The number of amides is 2. The van der Waals surface area contributed by atoms with Gasteiger partial charge in [-0.1, -0.05) is 25.1 Å². The van der Waals surface area contributed by atoms with Gasteiger partial charge in [-0.05, 0) is 49.2 Å². The third-order valence-electron chi connectivity index (χ3n) is 4.86. The largest absolute Gasteiger partial charge is 0.324 e. The van der Waals surface area contributed by atoms with Gasteiger partial charge in [0.2, 0.25) is 21.8 Å². The summed E-state index contributed by atoms with van der Waals surface area (Å²) >= 11 is 0. The summed E-state index contributed by atoms with van der Waals surface area (Å²) in [5.41, 5.74) is 1.78. The van der Waals surface area contributed by atoms with Crippen molar-refractivity contribution in [2.24, 2.45) is 0 Å². The number of carbonyl (C=O) groups excluding carboxylic acids is 2. The number of anilines is 3. The van der Waals surface area contributed by atoms with E-state index in [1.807, 2.05) is 0 Å². The highest BCUT2D eigenvalue weighted by Crippen LogP contribution is 2.25. The van der Waals surface area contributed by atoms with Gasteiger partial charge in [-0.3, -0.25) is 13.9 Å². The van der Waals surface area contributed by atoms with Crippen molar-refractivity contribution in [1.82, 2.24) is 0 Å². The third-order valence-corrected chi connectivity index (χ3v) is 6.04. The van der Waals surface area contributed by atoms with Gasteiger partial charge in [0.05, 0.1) is 11.9 Å². The van der Waals surface area contributed by atoms with E-state index in [0.717, 1.165) is 22.7 Å². The topological polar surface area (TPSA) is 86.8 Å². The Morgan fingerprint density at radius 1 is 1.14 bits per heavy atom. The molecule has 2 aromatic rings. The van der Waals surface area contributed by atoms with Crippen LogP contribution in [0.2, 0.25) is 0 Å². The number of hydrogen-bond acceptors (Lipinski definition) is 4. The van der Waals surface area contributed by atoms with E-state index in [1.54, 1.807) is 66.4 Å². The molecule has 1 aliphatic heterocycles. The maximum atomic E-state index is 12.9. The van der Waals surface area contributed by atoms with E-state index in [2.05, 4.69) is 5.32 Å². The molecular formula is C21H25N3O4S. The van der Waals surface area contributed by atoms with Crippen molar-refractivity contribution >= 4 is 38.9 Å². The zero-order chi connectivity index (χ0) is 21.0. The molecule has 0 radical (unpaired) electrons. The zero-order valence-electron chi connectivity index (χ0n) is 16.5. The van der Waals surface area contributed by atoms with Gasteiger partial charge >= 0.3 is 0 Å². The fourth-order valence-electron chi connectivity index (χ4n) is 3.51. The number of nitrogens with zero attached hydrogens (tertiary/aromatic N) is 2. The Labute approximate surface area is 171 Å². The van der Waals surface area contributed by atoms with Crippen LogP contribution in [0.4, 0.5) is 17.1 Å². The summed E-state index contributed by atoms with van der Waals surface area (Å²) in [7, 11) is -3.66. The number of benzene rings is 2. The van der Waals surface area contributed by atoms with Crippen LogP contribution >= 0.6 is 0 Å². The van der Waals surface area contributed by atoms with Crippen LogP contribution in [0.3, 0.4) is 0 Å². The van der Waals surface area contributed by atoms with Gasteiger partial charge in [0.25, 0.3) is 0 Å². The molecule has 0 aromatic heterocycles. The number of hydrogen-bond donors (Lipinski definition) is 1. The van der Waals surface area contributed by atoms with Gasteiger partial charge in [0, 0.05) is 24.3 Å². The molecule has 0 aliphatic carbocycles. The van der Waals surface area contributed by atoms with E-state index in [4.69, 9.17) is 0 Å². The molecule has 0 unspecified atom stereocenters. The van der Waals surface area contributed by atoms with Crippen molar-refractivity contribution in [2.45, 2.75) is 32.2 Å². The normalized spacial score (nSPS) is 15.2. The highest BCUT2D eigenvalue weighted by molar-refractivity contribution is 7.92. The second kappa shape index (κ2) is 8.65. The van der Waals surface area contributed by atoms with Crippen LogP contribution in [0.1, 0.15) is 26.2 Å². The second-order valence-corrected chi connectivity index (χ2v) is 8.86. The van der Waals surface area contributed by atoms with E-state index in [9.17, 15) is 18.0 Å². The molecule has 2 aromatic carbocycles. The van der Waals surface area contributed by atoms with E-state index >= 15 is 0 Å². The highest BCUT2D eigenvalue weighted by atomic mass is 32.2. The predicted molar refractivity (Wildman–Crippen MR) is 115 cm³/mol. The molecule has 1 atom stereocenters. The minimum atomic E-state index is -3.66. The predicted octanol–water partition coefficient (Wildman–Crippen LogP) is 3.00. The SMILES string of the molecule is CC[C@H](C(=O)Nc1ccc(N2CCCC2=O)cc1)N(c1ccccc1)S(C)(=O)=O. The van der Waals surface area contributed by atoms with E-state index in [-0.39, 0.29) is 5.91 Å². The van der Waals surface area contributed by atoms with E-state index in [0.29, 0.717) is 30.8 Å². The molecule has 0 spiro atoms.